The molecule has 0 spiro atoms. The number of aliphatic carboxylic acids is 1. The van der Waals surface area contributed by atoms with E-state index >= 15 is 0 Å². The van der Waals surface area contributed by atoms with E-state index in [1.807, 2.05) is 0 Å². The molecular weight excluding hydrogens is 330 g/mol. The number of carbonyl (C=O) groups is 2. The van der Waals surface area contributed by atoms with Crippen LogP contribution in [0.3, 0.4) is 0 Å². The molecule has 2 rings (SSSR count). The summed E-state index contributed by atoms with van der Waals surface area (Å²) in [7, 11) is -3.60. The second kappa shape index (κ2) is 6.55. The van der Waals surface area contributed by atoms with Crippen molar-refractivity contribution >= 4 is 21.7 Å². The van der Waals surface area contributed by atoms with E-state index in [-0.39, 0.29) is 17.0 Å². The minimum absolute atomic E-state index is 0.00704. The Hall–Kier alpha value is -1.89. The monoisotopic (exact) mass is 353 g/mol. The minimum atomic E-state index is -3.60. The summed E-state index contributed by atoms with van der Waals surface area (Å²) in [4.78, 5) is 25.8. The molecule has 6 nitrogen and oxygen atoms in total. The van der Waals surface area contributed by atoms with Gasteiger partial charge in [0.15, 0.2) is 9.84 Å². The normalized spacial score (nSPS) is 21.8. The molecule has 7 heteroatoms. The molecule has 1 atom stereocenters. The molecule has 0 radical (unpaired) electrons. The number of sulfone groups is 1. The maximum Gasteiger partial charge on any atom is 0.311 e. The standard InChI is InChI=1S/C17H23NO5S/c1-12(2)24(22,23)14-8-5-4-7-13(14)15(19)18-10-6-9-17(3,11-18)16(20)21/h4-5,7-8,12H,6,9-11H2,1-3H3,(H,20,21). The third kappa shape index (κ3) is 3.31. The van der Waals surface area contributed by atoms with Gasteiger partial charge in [-0.3, -0.25) is 9.59 Å². The van der Waals surface area contributed by atoms with Crippen LogP contribution in [-0.4, -0.2) is 48.6 Å². The highest BCUT2D eigenvalue weighted by atomic mass is 32.2. The van der Waals surface area contributed by atoms with Gasteiger partial charge in [-0.05, 0) is 45.7 Å². The fraction of sp³-hybridized carbons (Fsp3) is 0.529. The lowest BCUT2D eigenvalue weighted by atomic mass is 9.82. The van der Waals surface area contributed by atoms with Crippen molar-refractivity contribution in [3.8, 4) is 0 Å². The molecule has 1 amide bonds. The van der Waals surface area contributed by atoms with Gasteiger partial charge in [-0.15, -0.1) is 0 Å². The number of amides is 1. The van der Waals surface area contributed by atoms with Gasteiger partial charge in [0, 0.05) is 13.1 Å². The summed E-state index contributed by atoms with van der Waals surface area (Å²) in [6, 6.07) is 6.13. The van der Waals surface area contributed by atoms with Crippen molar-refractivity contribution in [3.63, 3.8) is 0 Å². The molecular formula is C17H23NO5S. The Labute approximate surface area is 142 Å². The number of hydrogen-bond acceptors (Lipinski definition) is 4. The number of nitrogens with zero attached hydrogens (tertiary/aromatic N) is 1. The highest BCUT2D eigenvalue weighted by molar-refractivity contribution is 7.92. The van der Waals surface area contributed by atoms with Crippen LogP contribution in [0.25, 0.3) is 0 Å². The van der Waals surface area contributed by atoms with Crippen molar-refractivity contribution in [1.29, 1.82) is 0 Å². The van der Waals surface area contributed by atoms with E-state index in [0.717, 1.165) is 0 Å². The zero-order valence-corrected chi connectivity index (χ0v) is 15.0. The number of piperidine rings is 1. The Bertz CT molecular complexity index is 756. The Morgan fingerprint density at radius 1 is 1.25 bits per heavy atom. The zero-order chi connectivity index (χ0) is 18.1. The van der Waals surface area contributed by atoms with Crippen LogP contribution in [0.15, 0.2) is 29.2 Å². The van der Waals surface area contributed by atoms with E-state index < -0.39 is 32.4 Å². The molecule has 0 aromatic heterocycles. The Morgan fingerprint density at radius 2 is 1.88 bits per heavy atom. The van der Waals surface area contributed by atoms with Crippen molar-refractivity contribution in [2.45, 2.75) is 43.8 Å². The van der Waals surface area contributed by atoms with Gasteiger partial charge >= 0.3 is 5.97 Å². The van der Waals surface area contributed by atoms with E-state index in [1.165, 1.54) is 17.0 Å². The number of carboxylic acids is 1. The molecule has 1 aliphatic heterocycles. The van der Waals surface area contributed by atoms with Gasteiger partial charge < -0.3 is 10.0 Å². The quantitative estimate of drug-likeness (QED) is 0.896. The fourth-order valence-electron chi connectivity index (χ4n) is 2.90. The van der Waals surface area contributed by atoms with Crippen LogP contribution in [0.1, 0.15) is 44.0 Å². The van der Waals surface area contributed by atoms with Crippen LogP contribution in [0.5, 0.6) is 0 Å². The van der Waals surface area contributed by atoms with Gasteiger partial charge in [0.25, 0.3) is 5.91 Å². The summed E-state index contributed by atoms with van der Waals surface area (Å²) in [5.74, 6) is -1.37. The molecule has 1 heterocycles. The SMILES string of the molecule is CC(C)S(=O)(=O)c1ccccc1C(=O)N1CCCC(C)(C(=O)O)C1. The summed E-state index contributed by atoms with van der Waals surface area (Å²) in [6.45, 7) is 5.26. The van der Waals surface area contributed by atoms with Crippen LogP contribution in [0.4, 0.5) is 0 Å². The highest BCUT2D eigenvalue weighted by Crippen LogP contribution is 2.31. The fourth-order valence-corrected chi connectivity index (χ4v) is 4.14. The van der Waals surface area contributed by atoms with Crippen molar-refractivity contribution < 1.29 is 23.1 Å². The van der Waals surface area contributed by atoms with Crippen LogP contribution in [0.2, 0.25) is 0 Å². The van der Waals surface area contributed by atoms with E-state index in [0.29, 0.717) is 19.4 Å². The number of benzene rings is 1. The first kappa shape index (κ1) is 18.4. The third-order valence-corrected chi connectivity index (χ3v) is 6.75. The number of carboxylic acid groups (broad SMARTS) is 1. The maximum atomic E-state index is 12.9. The summed E-state index contributed by atoms with van der Waals surface area (Å²) in [5, 5.41) is 8.75. The average molecular weight is 353 g/mol. The first-order chi connectivity index (χ1) is 11.1. The summed E-state index contributed by atoms with van der Waals surface area (Å²) in [5.41, 5.74) is -0.888. The van der Waals surface area contributed by atoms with Crippen LogP contribution < -0.4 is 0 Å². The molecule has 0 aliphatic carbocycles. The summed E-state index contributed by atoms with van der Waals surface area (Å²) < 4.78 is 25.0. The van der Waals surface area contributed by atoms with Crippen molar-refractivity contribution in [2.24, 2.45) is 5.41 Å². The molecule has 1 aromatic carbocycles. The summed E-state index contributed by atoms with van der Waals surface area (Å²) >= 11 is 0. The van der Waals surface area contributed by atoms with Crippen LogP contribution in [0, 0.1) is 5.41 Å². The lowest BCUT2D eigenvalue weighted by molar-refractivity contribution is -0.150. The van der Waals surface area contributed by atoms with Gasteiger partial charge in [0.1, 0.15) is 0 Å². The third-order valence-electron chi connectivity index (χ3n) is 4.54. The van der Waals surface area contributed by atoms with Crippen molar-refractivity contribution in [2.75, 3.05) is 13.1 Å². The lowest BCUT2D eigenvalue weighted by Gasteiger charge is -2.37. The predicted molar refractivity (Wildman–Crippen MR) is 89.6 cm³/mol. The van der Waals surface area contributed by atoms with Crippen molar-refractivity contribution in [1.82, 2.24) is 4.90 Å². The van der Waals surface area contributed by atoms with Gasteiger partial charge in [0.05, 0.1) is 21.1 Å². The van der Waals surface area contributed by atoms with Gasteiger partial charge in [-0.1, -0.05) is 12.1 Å². The maximum absolute atomic E-state index is 12.9. The topological polar surface area (TPSA) is 91.8 Å². The van der Waals surface area contributed by atoms with E-state index in [2.05, 4.69) is 0 Å². The molecule has 0 saturated carbocycles. The van der Waals surface area contributed by atoms with E-state index in [9.17, 15) is 23.1 Å². The Balaban J connectivity index is 2.40. The molecule has 1 aliphatic rings. The minimum Gasteiger partial charge on any atom is -0.481 e. The largest absolute Gasteiger partial charge is 0.481 e. The molecule has 1 aromatic rings. The highest BCUT2D eigenvalue weighted by Gasteiger charge is 2.40. The van der Waals surface area contributed by atoms with E-state index in [1.54, 1.807) is 32.9 Å². The van der Waals surface area contributed by atoms with Crippen LogP contribution >= 0.6 is 0 Å². The van der Waals surface area contributed by atoms with Crippen LogP contribution in [-0.2, 0) is 14.6 Å². The molecule has 0 bridgehead atoms. The first-order valence-corrected chi connectivity index (χ1v) is 9.50. The number of hydrogen-bond donors (Lipinski definition) is 1. The molecule has 1 fully saturated rings. The molecule has 1 unspecified atom stereocenters. The predicted octanol–water partition coefficient (Wildman–Crippen LogP) is 2.20. The summed E-state index contributed by atoms with van der Waals surface area (Å²) in [6.07, 6.45) is 1.08. The first-order valence-electron chi connectivity index (χ1n) is 7.95. The Morgan fingerprint density at radius 3 is 2.46 bits per heavy atom. The van der Waals surface area contributed by atoms with E-state index in [4.69, 9.17) is 0 Å². The molecule has 1 saturated heterocycles. The number of carbonyl (C=O) groups excluding carboxylic acids is 1. The Kier molecular flexibility index (Phi) is 5.03. The second-order valence-electron chi connectivity index (χ2n) is 6.79. The van der Waals surface area contributed by atoms with Gasteiger partial charge in [0.2, 0.25) is 0 Å². The molecule has 1 N–H and O–H groups in total. The zero-order valence-electron chi connectivity index (χ0n) is 14.2. The lowest BCUT2D eigenvalue weighted by Crippen LogP contribution is -2.48. The average Bonchev–Trinajstić information content (AvgIpc) is 2.54. The van der Waals surface area contributed by atoms with Crippen molar-refractivity contribution in [3.05, 3.63) is 29.8 Å². The van der Waals surface area contributed by atoms with Gasteiger partial charge in [-0.25, -0.2) is 8.42 Å². The van der Waals surface area contributed by atoms with Gasteiger partial charge in [-0.2, -0.15) is 0 Å². The number of rotatable bonds is 4. The molecule has 24 heavy (non-hydrogen) atoms. The second-order valence-corrected chi connectivity index (χ2v) is 9.26. The molecule has 132 valence electrons. The number of likely N-dealkylation sites (tertiary alicyclic amines) is 1. The smallest absolute Gasteiger partial charge is 0.311 e.